The summed E-state index contributed by atoms with van der Waals surface area (Å²) in [6, 6.07) is 3.28. The molecule has 0 bridgehead atoms. The number of carbonyl (C=O) groups is 1. The highest BCUT2D eigenvalue weighted by Gasteiger charge is 2.23. The van der Waals surface area contributed by atoms with Crippen molar-refractivity contribution in [3.05, 3.63) is 35.4 Å². The topological polar surface area (TPSA) is 32.3 Å². The molecule has 3 nitrogen and oxygen atoms in total. The number of hydrogen-bond acceptors (Lipinski definition) is 2. The third-order valence-electron chi connectivity index (χ3n) is 3.17. The van der Waals surface area contributed by atoms with Crippen LogP contribution >= 0.6 is 0 Å². The van der Waals surface area contributed by atoms with Gasteiger partial charge in [-0.15, -0.1) is 0 Å². The molecule has 18 heavy (non-hydrogen) atoms. The fourth-order valence-corrected chi connectivity index (χ4v) is 2.15. The van der Waals surface area contributed by atoms with E-state index in [2.05, 4.69) is 5.32 Å². The Hall–Kier alpha value is -1.49. The summed E-state index contributed by atoms with van der Waals surface area (Å²) in [5, 5.41) is 3.18. The molecule has 0 spiro atoms. The molecule has 1 fully saturated rings. The van der Waals surface area contributed by atoms with Crippen molar-refractivity contribution in [1.29, 1.82) is 0 Å². The van der Waals surface area contributed by atoms with Crippen molar-refractivity contribution in [2.75, 3.05) is 19.6 Å². The van der Waals surface area contributed by atoms with Gasteiger partial charge >= 0.3 is 0 Å². The van der Waals surface area contributed by atoms with Crippen LogP contribution in [0.3, 0.4) is 0 Å². The van der Waals surface area contributed by atoms with Gasteiger partial charge in [-0.1, -0.05) is 0 Å². The first kappa shape index (κ1) is 13.0. The normalized spacial score (nSPS) is 19.9. The van der Waals surface area contributed by atoms with Gasteiger partial charge in [-0.2, -0.15) is 0 Å². The van der Waals surface area contributed by atoms with Crippen molar-refractivity contribution >= 4 is 5.91 Å². The Kier molecular flexibility index (Phi) is 3.91. The van der Waals surface area contributed by atoms with Crippen molar-refractivity contribution in [3.63, 3.8) is 0 Å². The molecule has 1 atom stereocenters. The number of rotatable bonds is 2. The first-order valence-corrected chi connectivity index (χ1v) is 6.02. The average molecular weight is 254 g/mol. The van der Waals surface area contributed by atoms with Crippen LogP contribution < -0.4 is 5.32 Å². The van der Waals surface area contributed by atoms with E-state index in [1.54, 1.807) is 4.90 Å². The monoisotopic (exact) mass is 254 g/mol. The minimum absolute atomic E-state index is 0.0860. The first-order chi connectivity index (χ1) is 8.58. The van der Waals surface area contributed by atoms with Crippen LogP contribution in [-0.2, 0) is 11.2 Å². The molecule has 98 valence electrons. The van der Waals surface area contributed by atoms with E-state index in [0.29, 0.717) is 6.54 Å². The van der Waals surface area contributed by atoms with E-state index in [1.807, 2.05) is 6.92 Å². The largest absolute Gasteiger partial charge is 0.337 e. The second kappa shape index (κ2) is 5.44. The summed E-state index contributed by atoms with van der Waals surface area (Å²) in [6.07, 6.45) is -0.0894. The quantitative estimate of drug-likeness (QED) is 0.863. The van der Waals surface area contributed by atoms with Crippen molar-refractivity contribution in [2.45, 2.75) is 19.4 Å². The second-order valence-electron chi connectivity index (χ2n) is 4.55. The predicted octanol–water partition coefficient (Wildman–Crippen LogP) is 1.33. The van der Waals surface area contributed by atoms with Crippen LogP contribution in [0.4, 0.5) is 8.78 Å². The molecule has 1 aliphatic heterocycles. The first-order valence-electron chi connectivity index (χ1n) is 6.02. The van der Waals surface area contributed by atoms with E-state index in [0.717, 1.165) is 31.3 Å². The minimum atomic E-state index is -0.535. The highest BCUT2D eigenvalue weighted by atomic mass is 19.1. The number of amides is 1. The predicted molar refractivity (Wildman–Crippen MR) is 64.1 cm³/mol. The summed E-state index contributed by atoms with van der Waals surface area (Å²) < 4.78 is 26.5. The van der Waals surface area contributed by atoms with Crippen LogP contribution in [0.25, 0.3) is 0 Å². The van der Waals surface area contributed by atoms with Crippen LogP contribution in [0, 0.1) is 11.6 Å². The molecular weight excluding hydrogens is 238 g/mol. The van der Waals surface area contributed by atoms with E-state index in [-0.39, 0.29) is 23.9 Å². The third kappa shape index (κ3) is 2.85. The number of nitrogens with one attached hydrogen (secondary N) is 1. The van der Waals surface area contributed by atoms with E-state index >= 15 is 0 Å². The fourth-order valence-electron chi connectivity index (χ4n) is 2.15. The van der Waals surface area contributed by atoms with Gasteiger partial charge in [0.05, 0.1) is 6.42 Å². The summed E-state index contributed by atoms with van der Waals surface area (Å²) in [5.41, 5.74) is 0.116. The standard InChI is InChI=1S/C13H16F2N2O/c1-9-8-16-4-5-17(9)13(18)7-10-6-11(14)2-3-12(10)15/h2-3,6,9,16H,4-5,7-8H2,1H3/t9-/m0/s1. The second-order valence-corrected chi connectivity index (χ2v) is 4.55. The van der Waals surface area contributed by atoms with E-state index < -0.39 is 11.6 Å². The molecule has 2 rings (SSSR count). The smallest absolute Gasteiger partial charge is 0.227 e. The van der Waals surface area contributed by atoms with Crippen molar-refractivity contribution in [2.24, 2.45) is 0 Å². The Bertz CT molecular complexity index is 451. The number of hydrogen-bond donors (Lipinski definition) is 1. The van der Waals surface area contributed by atoms with Crippen molar-refractivity contribution in [1.82, 2.24) is 10.2 Å². The van der Waals surface area contributed by atoms with Crippen LogP contribution in [0.15, 0.2) is 18.2 Å². The number of halogens is 2. The van der Waals surface area contributed by atoms with Gasteiger partial charge in [0, 0.05) is 31.2 Å². The zero-order valence-electron chi connectivity index (χ0n) is 10.2. The Morgan fingerprint density at radius 3 is 3.00 bits per heavy atom. The minimum Gasteiger partial charge on any atom is -0.337 e. The van der Waals surface area contributed by atoms with Gasteiger partial charge in [0.25, 0.3) is 0 Å². The molecule has 0 radical (unpaired) electrons. The molecular formula is C13H16F2N2O. The molecule has 1 saturated heterocycles. The molecule has 1 aromatic carbocycles. The zero-order valence-corrected chi connectivity index (χ0v) is 10.2. The van der Waals surface area contributed by atoms with Crippen molar-refractivity contribution in [3.8, 4) is 0 Å². The SMILES string of the molecule is C[C@H]1CNCCN1C(=O)Cc1cc(F)ccc1F. The lowest BCUT2D eigenvalue weighted by molar-refractivity contribution is -0.133. The highest BCUT2D eigenvalue weighted by Crippen LogP contribution is 2.13. The molecule has 1 aromatic rings. The maximum Gasteiger partial charge on any atom is 0.227 e. The summed E-state index contributed by atoms with van der Waals surface area (Å²) >= 11 is 0. The van der Waals surface area contributed by atoms with Gasteiger partial charge in [0.1, 0.15) is 11.6 Å². The Labute approximate surface area is 105 Å². The zero-order chi connectivity index (χ0) is 13.1. The van der Waals surface area contributed by atoms with Crippen LogP contribution in [0.2, 0.25) is 0 Å². The van der Waals surface area contributed by atoms with E-state index in [1.165, 1.54) is 0 Å². The third-order valence-corrected chi connectivity index (χ3v) is 3.17. The van der Waals surface area contributed by atoms with Gasteiger partial charge in [-0.25, -0.2) is 8.78 Å². The molecule has 0 unspecified atom stereocenters. The lowest BCUT2D eigenvalue weighted by Gasteiger charge is -2.34. The van der Waals surface area contributed by atoms with Crippen LogP contribution in [0.1, 0.15) is 12.5 Å². The number of benzene rings is 1. The number of nitrogens with zero attached hydrogens (tertiary/aromatic N) is 1. The Morgan fingerprint density at radius 1 is 1.50 bits per heavy atom. The van der Waals surface area contributed by atoms with E-state index in [9.17, 15) is 13.6 Å². The molecule has 0 aromatic heterocycles. The summed E-state index contributed by atoms with van der Waals surface area (Å²) in [4.78, 5) is 13.8. The molecule has 5 heteroatoms. The maximum atomic E-state index is 13.4. The lowest BCUT2D eigenvalue weighted by Crippen LogP contribution is -2.52. The van der Waals surface area contributed by atoms with Crippen LogP contribution in [-0.4, -0.2) is 36.5 Å². The van der Waals surface area contributed by atoms with Gasteiger partial charge in [-0.3, -0.25) is 4.79 Å². The van der Waals surface area contributed by atoms with E-state index in [4.69, 9.17) is 0 Å². The summed E-state index contributed by atoms with van der Waals surface area (Å²) in [5.74, 6) is -1.21. The number of piperazine rings is 1. The molecule has 1 N–H and O–H groups in total. The van der Waals surface area contributed by atoms with Gasteiger partial charge in [0.2, 0.25) is 5.91 Å². The summed E-state index contributed by atoms with van der Waals surface area (Å²) in [7, 11) is 0. The van der Waals surface area contributed by atoms with Gasteiger partial charge in [-0.05, 0) is 25.1 Å². The maximum absolute atomic E-state index is 13.4. The van der Waals surface area contributed by atoms with Gasteiger partial charge < -0.3 is 10.2 Å². The fraction of sp³-hybridized carbons (Fsp3) is 0.462. The Balaban J connectivity index is 2.08. The van der Waals surface area contributed by atoms with Gasteiger partial charge in [0.15, 0.2) is 0 Å². The highest BCUT2D eigenvalue weighted by molar-refractivity contribution is 5.79. The molecule has 1 heterocycles. The molecule has 1 aliphatic rings. The number of carbonyl (C=O) groups excluding carboxylic acids is 1. The van der Waals surface area contributed by atoms with Crippen LogP contribution in [0.5, 0.6) is 0 Å². The Morgan fingerprint density at radius 2 is 2.28 bits per heavy atom. The lowest BCUT2D eigenvalue weighted by atomic mass is 10.1. The average Bonchev–Trinajstić information content (AvgIpc) is 2.34. The molecule has 1 amide bonds. The molecule has 0 saturated carbocycles. The van der Waals surface area contributed by atoms with Crippen molar-refractivity contribution < 1.29 is 13.6 Å². The molecule has 0 aliphatic carbocycles. The summed E-state index contributed by atoms with van der Waals surface area (Å²) in [6.45, 7) is 4.02.